The van der Waals surface area contributed by atoms with Crippen LogP contribution in [0.4, 0.5) is 0 Å². The second-order valence-corrected chi connectivity index (χ2v) is 2.68. The van der Waals surface area contributed by atoms with E-state index in [1.165, 1.54) is 4.68 Å². The largest absolute Gasteiger partial charge is 0.316 e. The van der Waals surface area contributed by atoms with Gasteiger partial charge < -0.3 is 4.79 Å². The number of aryl methyl sites for hydroxylation is 1. The van der Waals surface area contributed by atoms with E-state index in [4.69, 9.17) is 5.84 Å². The molecule has 0 aromatic carbocycles. The molecule has 0 aliphatic rings. The van der Waals surface area contributed by atoms with Crippen molar-refractivity contribution in [3.8, 4) is 0 Å². The third kappa shape index (κ3) is 2.08. The smallest absolute Gasteiger partial charge is 0.202 e. The van der Waals surface area contributed by atoms with Crippen LogP contribution in [-0.4, -0.2) is 13.5 Å². The number of nitrogen functional groups attached to an aromatic ring is 1. The molecule has 0 saturated heterocycles. The number of carbonyl (C=O) groups excluding carboxylic acids is 1. The van der Waals surface area contributed by atoms with Gasteiger partial charge in [0.25, 0.3) is 0 Å². The van der Waals surface area contributed by atoms with E-state index in [1.807, 2.05) is 19.2 Å². The SMILES string of the molecule is Cc1c[n+](N)ccc1C[B]C=O. The van der Waals surface area contributed by atoms with E-state index in [2.05, 4.69) is 0 Å². The predicted octanol–water partition coefficient (Wildman–Crippen LogP) is -0.609. The monoisotopic (exact) mass is 162 g/mol. The van der Waals surface area contributed by atoms with Crippen molar-refractivity contribution in [2.75, 3.05) is 5.84 Å². The van der Waals surface area contributed by atoms with Gasteiger partial charge in [-0.1, -0.05) is 4.68 Å². The van der Waals surface area contributed by atoms with Gasteiger partial charge in [0, 0.05) is 11.6 Å². The zero-order chi connectivity index (χ0) is 8.97. The lowest BCUT2D eigenvalue weighted by Gasteiger charge is -1.98. The molecule has 0 spiro atoms. The molecule has 0 aliphatic carbocycles. The molecule has 1 rings (SSSR count). The van der Waals surface area contributed by atoms with Gasteiger partial charge in [-0.3, -0.25) is 0 Å². The fraction of sp³-hybridized carbons (Fsp3) is 0.250. The fourth-order valence-electron chi connectivity index (χ4n) is 1.06. The van der Waals surface area contributed by atoms with E-state index >= 15 is 0 Å². The molecule has 0 aliphatic heterocycles. The summed E-state index contributed by atoms with van der Waals surface area (Å²) in [6.07, 6.45) is 5.08. The van der Waals surface area contributed by atoms with Crippen LogP contribution in [-0.2, 0) is 11.1 Å². The first-order chi connectivity index (χ1) is 5.74. The van der Waals surface area contributed by atoms with Gasteiger partial charge in [0.1, 0.15) is 0 Å². The first kappa shape index (κ1) is 8.78. The Bertz CT molecular complexity index is 288. The van der Waals surface area contributed by atoms with Crippen molar-refractivity contribution in [3.63, 3.8) is 0 Å². The van der Waals surface area contributed by atoms with Gasteiger partial charge in [-0.25, -0.2) is 5.84 Å². The van der Waals surface area contributed by atoms with E-state index in [0.29, 0.717) is 6.32 Å². The number of carbonyl (C=O) groups is 1. The number of aromatic nitrogens is 1. The summed E-state index contributed by atoms with van der Waals surface area (Å²) in [7, 11) is 1.59. The van der Waals surface area contributed by atoms with Crippen LogP contribution in [0.1, 0.15) is 11.1 Å². The van der Waals surface area contributed by atoms with E-state index in [9.17, 15) is 4.79 Å². The highest BCUT2D eigenvalue weighted by atomic mass is 16.1. The van der Waals surface area contributed by atoms with Gasteiger partial charge in [-0.05, 0) is 18.8 Å². The quantitative estimate of drug-likeness (QED) is 0.279. The zero-order valence-corrected chi connectivity index (χ0v) is 7.03. The number of pyridine rings is 1. The Morgan fingerprint density at radius 1 is 1.75 bits per heavy atom. The molecule has 0 unspecified atom stereocenters. The van der Waals surface area contributed by atoms with Crippen molar-refractivity contribution in [1.29, 1.82) is 0 Å². The molecule has 0 saturated carbocycles. The average molecular weight is 162 g/mol. The molecule has 4 heteroatoms. The lowest BCUT2D eigenvalue weighted by molar-refractivity contribution is -0.639. The topological polar surface area (TPSA) is 47.0 Å². The Labute approximate surface area is 72.4 Å². The highest BCUT2D eigenvalue weighted by Gasteiger charge is 2.02. The molecule has 2 N–H and O–H groups in total. The molecule has 0 atom stereocenters. The van der Waals surface area contributed by atoms with Crippen molar-refractivity contribution in [1.82, 2.24) is 0 Å². The first-order valence-electron chi connectivity index (χ1n) is 3.77. The average Bonchev–Trinajstić information content (AvgIpc) is 2.03. The van der Waals surface area contributed by atoms with Crippen molar-refractivity contribution < 1.29 is 9.47 Å². The molecule has 0 bridgehead atoms. The number of hydrogen-bond acceptors (Lipinski definition) is 2. The minimum absolute atomic E-state index is 0.677. The minimum atomic E-state index is 0.677. The van der Waals surface area contributed by atoms with Crippen molar-refractivity contribution in [2.24, 2.45) is 0 Å². The Kier molecular flexibility index (Phi) is 2.85. The number of nitrogens with zero attached hydrogens (tertiary/aromatic N) is 1. The maximum absolute atomic E-state index is 10.1. The van der Waals surface area contributed by atoms with Crippen LogP contribution >= 0.6 is 0 Å². The highest BCUT2D eigenvalue weighted by Crippen LogP contribution is 2.02. The van der Waals surface area contributed by atoms with Gasteiger partial charge in [0.15, 0.2) is 6.20 Å². The molecule has 1 aromatic rings. The van der Waals surface area contributed by atoms with Crippen molar-refractivity contribution >= 4 is 13.5 Å². The maximum Gasteiger partial charge on any atom is 0.202 e. The second-order valence-electron chi connectivity index (χ2n) is 2.68. The predicted molar refractivity (Wildman–Crippen MR) is 47.7 cm³/mol. The summed E-state index contributed by atoms with van der Waals surface area (Å²) >= 11 is 0. The summed E-state index contributed by atoms with van der Waals surface area (Å²) in [6.45, 7) is 1.97. The Balaban J connectivity index is 2.78. The molecular weight excluding hydrogens is 151 g/mol. The number of rotatable bonds is 3. The molecule has 1 heterocycles. The minimum Gasteiger partial charge on any atom is -0.316 e. The standard InChI is InChI=1S/C8H11BN2O/c1-7-5-11(10)3-2-8(7)4-9-6-12/h2-3,5-6H,4,10H2,1H3/q+1. The maximum atomic E-state index is 10.1. The van der Waals surface area contributed by atoms with E-state index in [1.54, 1.807) is 13.5 Å². The van der Waals surface area contributed by atoms with Crippen LogP contribution in [0.2, 0.25) is 0 Å². The molecule has 0 amide bonds. The van der Waals surface area contributed by atoms with Crippen LogP contribution in [0.3, 0.4) is 0 Å². The van der Waals surface area contributed by atoms with Gasteiger partial charge >= 0.3 is 0 Å². The summed E-state index contributed by atoms with van der Waals surface area (Å²) in [5.74, 6) is 5.49. The summed E-state index contributed by atoms with van der Waals surface area (Å²) in [6, 6.07) is 1.91. The third-order valence-corrected chi connectivity index (χ3v) is 1.73. The molecule has 0 fully saturated rings. The zero-order valence-electron chi connectivity index (χ0n) is 7.03. The summed E-state index contributed by atoms with van der Waals surface area (Å²) < 4.78 is 1.50. The Hall–Kier alpha value is -1.32. The fourth-order valence-corrected chi connectivity index (χ4v) is 1.06. The summed E-state index contributed by atoms with van der Waals surface area (Å²) in [5, 5.41) is 0. The van der Waals surface area contributed by atoms with Crippen LogP contribution in [0.15, 0.2) is 18.5 Å². The Morgan fingerprint density at radius 2 is 2.50 bits per heavy atom. The molecule has 3 nitrogen and oxygen atoms in total. The van der Waals surface area contributed by atoms with Gasteiger partial charge in [0.2, 0.25) is 13.5 Å². The van der Waals surface area contributed by atoms with Crippen LogP contribution in [0.5, 0.6) is 0 Å². The van der Waals surface area contributed by atoms with Crippen LogP contribution in [0, 0.1) is 6.92 Å². The first-order valence-corrected chi connectivity index (χ1v) is 3.77. The molecule has 12 heavy (non-hydrogen) atoms. The number of hydrogen-bond donors (Lipinski definition) is 1. The van der Waals surface area contributed by atoms with Crippen molar-refractivity contribution in [3.05, 3.63) is 29.6 Å². The molecule has 1 radical (unpaired) electrons. The molecule has 1 aromatic heterocycles. The number of nitrogens with two attached hydrogens (primary N) is 1. The molecule has 61 valence electrons. The van der Waals surface area contributed by atoms with Crippen LogP contribution in [0.25, 0.3) is 0 Å². The highest BCUT2D eigenvalue weighted by molar-refractivity contribution is 6.66. The normalized spacial score (nSPS) is 9.42. The summed E-state index contributed by atoms with van der Waals surface area (Å²) in [4.78, 5) is 10.1. The Morgan fingerprint density at radius 3 is 3.08 bits per heavy atom. The van der Waals surface area contributed by atoms with Crippen molar-refractivity contribution in [2.45, 2.75) is 13.2 Å². The van der Waals surface area contributed by atoms with Crippen LogP contribution < -0.4 is 10.5 Å². The lowest BCUT2D eigenvalue weighted by Crippen LogP contribution is -2.43. The van der Waals surface area contributed by atoms with E-state index < -0.39 is 0 Å². The third-order valence-electron chi connectivity index (χ3n) is 1.73. The van der Waals surface area contributed by atoms with E-state index in [-0.39, 0.29) is 0 Å². The second kappa shape index (κ2) is 3.90. The summed E-state index contributed by atoms with van der Waals surface area (Å²) in [5.41, 5.74) is 2.22. The lowest BCUT2D eigenvalue weighted by atomic mass is 9.73. The van der Waals surface area contributed by atoms with Gasteiger partial charge in [0.05, 0.1) is 6.19 Å². The molecular formula is C8H11BN2O+. The van der Waals surface area contributed by atoms with Gasteiger partial charge in [-0.15, -0.1) is 0 Å². The van der Waals surface area contributed by atoms with E-state index in [0.717, 1.165) is 17.3 Å². The van der Waals surface area contributed by atoms with Gasteiger partial charge in [-0.2, -0.15) is 0 Å².